The van der Waals surface area contributed by atoms with E-state index < -0.39 is 11.6 Å². The molecule has 1 N–H and O–H groups in total. The molecule has 0 radical (unpaired) electrons. The Balaban J connectivity index is 2.08. The molecule has 3 atom stereocenters. The SMILES string of the molecule is CC(C)CNCC1CCC(C)CC1c1ccc(F)c(F)c1. The molecule has 1 saturated carbocycles. The van der Waals surface area contributed by atoms with Gasteiger partial charge >= 0.3 is 0 Å². The van der Waals surface area contributed by atoms with Gasteiger partial charge in [0.2, 0.25) is 0 Å². The van der Waals surface area contributed by atoms with Gasteiger partial charge in [0.25, 0.3) is 0 Å². The maximum atomic E-state index is 13.5. The Kier molecular flexibility index (Phi) is 5.74. The van der Waals surface area contributed by atoms with Gasteiger partial charge in [-0.3, -0.25) is 0 Å². The van der Waals surface area contributed by atoms with E-state index in [4.69, 9.17) is 0 Å². The van der Waals surface area contributed by atoms with Crippen molar-refractivity contribution in [1.82, 2.24) is 5.32 Å². The molecule has 3 heteroatoms. The van der Waals surface area contributed by atoms with Crippen LogP contribution in [0.4, 0.5) is 8.78 Å². The van der Waals surface area contributed by atoms with Crippen LogP contribution in [-0.4, -0.2) is 13.1 Å². The third-order valence-electron chi connectivity index (χ3n) is 4.59. The average molecular weight is 295 g/mol. The van der Waals surface area contributed by atoms with Crippen LogP contribution in [0.15, 0.2) is 18.2 Å². The molecular weight excluding hydrogens is 268 g/mol. The number of hydrogen-bond acceptors (Lipinski definition) is 1. The van der Waals surface area contributed by atoms with Crippen LogP contribution in [0.2, 0.25) is 0 Å². The summed E-state index contributed by atoms with van der Waals surface area (Å²) in [5.41, 5.74) is 0.955. The standard InChI is InChI=1S/C18H27F2N/c1-12(2)10-21-11-15-5-4-13(3)8-16(15)14-6-7-17(19)18(20)9-14/h6-7,9,12-13,15-16,21H,4-5,8,10-11H2,1-3H3. The van der Waals surface area contributed by atoms with Crippen LogP contribution in [-0.2, 0) is 0 Å². The molecule has 1 fully saturated rings. The Morgan fingerprint density at radius 3 is 2.62 bits per heavy atom. The normalized spacial score (nSPS) is 26.3. The summed E-state index contributed by atoms with van der Waals surface area (Å²) in [5.74, 6) is 0.670. The van der Waals surface area contributed by atoms with E-state index in [1.165, 1.54) is 18.6 Å². The predicted octanol–water partition coefficient (Wildman–Crippen LogP) is 4.73. The summed E-state index contributed by atoms with van der Waals surface area (Å²) in [6.45, 7) is 8.63. The van der Waals surface area contributed by atoms with Crippen molar-refractivity contribution in [3.8, 4) is 0 Å². The van der Waals surface area contributed by atoms with E-state index in [2.05, 4.69) is 26.1 Å². The van der Waals surface area contributed by atoms with E-state index in [-0.39, 0.29) is 0 Å². The molecule has 1 aliphatic carbocycles. The van der Waals surface area contributed by atoms with E-state index in [0.717, 1.165) is 31.5 Å². The third kappa shape index (κ3) is 4.50. The Hall–Kier alpha value is -0.960. The summed E-state index contributed by atoms with van der Waals surface area (Å²) in [4.78, 5) is 0. The van der Waals surface area contributed by atoms with Crippen molar-refractivity contribution >= 4 is 0 Å². The van der Waals surface area contributed by atoms with Crippen molar-refractivity contribution in [3.63, 3.8) is 0 Å². The van der Waals surface area contributed by atoms with Gasteiger partial charge in [-0.1, -0.05) is 33.3 Å². The summed E-state index contributed by atoms with van der Waals surface area (Å²) < 4.78 is 26.7. The molecule has 0 spiro atoms. The highest BCUT2D eigenvalue weighted by Gasteiger charge is 2.30. The zero-order valence-corrected chi connectivity index (χ0v) is 13.3. The second-order valence-electron chi connectivity index (χ2n) is 7.01. The van der Waals surface area contributed by atoms with Gasteiger partial charge in [0.1, 0.15) is 0 Å². The lowest BCUT2D eigenvalue weighted by Gasteiger charge is -2.35. The van der Waals surface area contributed by atoms with Crippen molar-refractivity contribution in [2.24, 2.45) is 17.8 Å². The topological polar surface area (TPSA) is 12.0 Å². The smallest absolute Gasteiger partial charge is 0.159 e. The number of hydrogen-bond donors (Lipinski definition) is 1. The van der Waals surface area contributed by atoms with Gasteiger partial charge in [0, 0.05) is 0 Å². The van der Waals surface area contributed by atoms with Gasteiger partial charge in [-0.15, -0.1) is 0 Å². The summed E-state index contributed by atoms with van der Waals surface area (Å²) in [7, 11) is 0. The van der Waals surface area contributed by atoms with Gasteiger partial charge in [0.15, 0.2) is 11.6 Å². The quantitative estimate of drug-likeness (QED) is 0.828. The molecule has 1 aliphatic rings. The molecule has 0 bridgehead atoms. The first kappa shape index (κ1) is 16.4. The van der Waals surface area contributed by atoms with E-state index in [9.17, 15) is 8.78 Å². The van der Waals surface area contributed by atoms with Crippen LogP contribution in [0.5, 0.6) is 0 Å². The molecular formula is C18H27F2N. The van der Waals surface area contributed by atoms with Crippen LogP contribution in [0.3, 0.4) is 0 Å². The van der Waals surface area contributed by atoms with Crippen LogP contribution in [0.25, 0.3) is 0 Å². The minimum Gasteiger partial charge on any atom is -0.316 e. The number of rotatable bonds is 5. The van der Waals surface area contributed by atoms with E-state index in [1.54, 1.807) is 6.07 Å². The maximum Gasteiger partial charge on any atom is 0.159 e. The Morgan fingerprint density at radius 2 is 1.95 bits per heavy atom. The first-order chi connectivity index (χ1) is 9.97. The fraction of sp³-hybridized carbons (Fsp3) is 0.667. The summed E-state index contributed by atoms with van der Waals surface area (Å²) in [6, 6.07) is 4.42. The molecule has 0 heterocycles. The highest BCUT2D eigenvalue weighted by molar-refractivity contribution is 5.23. The number of benzene rings is 1. The van der Waals surface area contributed by atoms with E-state index in [1.807, 2.05) is 0 Å². The lowest BCUT2D eigenvalue weighted by molar-refractivity contribution is 0.239. The lowest BCUT2D eigenvalue weighted by atomic mass is 9.71. The predicted molar refractivity (Wildman–Crippen MR) is 83.3 cm³/mol. The largest absolute Gasteiger partial charge is 0.316 e. The van der Waals surface area contributed by atoms with Gasteiger partial charge in [0.05, 0.1) is 0 Å². The monoisotopic (exact) mass is 295 g/mol. The van der Waals surface area contributed by atoms with Gasteiger partial charge in [-0.05, 0) is 67.3 Å². The second-order valence-corrected chi connectivity index (χ2v) is 7.01. The van der Waals surface area contributed by atoms with E-state index in [0.29, 0.717) is 23.7 Å². The van der Waals surface area contributed by atoms with Crippen molar-refractivity contribution < 1.29 is 8.78 Å². The van der Waals surface area contributed by atoms with Crippen LogP contribution < -0.4 is 5.32 Å². The first-order valence-electron chi connectivity index (χ1n) is 8.13. The highest BCUT2D eigenvalue weighted by atomic mass is 19.2. The Labute approximate surface area is 127 Å². The Bertz CT molecular complexity index is 459. The second kappa shape index (κ2) is 7.35. The molecule has 0 aliphatic heterocycles. The molecule has 0 aromatic heterocycles. The molecule has 2 rings (SSSR count). The fourth-order valence-electron chi connectivity index (χ4n) is 3.40. The van der Waals surface area contributed by atoms with Crippen molar-refractivity contribution in [3.05, 3.63) is 35.4 Å². The van der Waals surface area contributed by atoms with Gasteiger partial charge < -0.3 is 5.32 Å². The molecule has 0 saturated heterocycles. The minimum absolute atomic E-state index is 0.337. The van der Waals surface area contributed by atoms with Gasteiger partial charge in [-0.25, -0.2) is 8.78 Å². The van der Waals surface area contributed by atoms with Gasteiger partial charge in [-0.2, -0.15) is 0 Å². The first-order valence-corrected chi connectivity index (χ1v) is 8.13. The molecule has 1 nitrogen and oxygen atoms in total. The minimum atomic E-state index is -0.753. The van der Waals surface area contributed by atoms with Crippen molar-refractivity contribution in [1.29, 1.82) is 0 Å². The molecule has 0 amide bonds. The summed E-state index contributed by atoms with van der Waals surface area (Å²) in [5, 5.41) is 3.53. The average Bonchev–Trinajstić information content (AvgIpc) is 2.43. The maximum absolute atomic E-state index is 13.5. The zero-order valence-electron chi connectivity index (χ0n) is 13.3. The number of nitrogens with one attached hydrogen (secondary N) is 1. The number of halogens is 2. The van der Waals surface area contributed by atoms with Crippen LogP contribution in [0.1, 0.15) is 51.5 Å². The molecule has 3 unspecified atom stereocenters. The molecule has 1 aromatic rings. The van der Waals surface area contributed by atoms with Crippen molar-refractivity contribution in [2.45, 2.75) is 46.0 Å². The molecule has 21 heavy (non-hydrogen) atoms. The summed E-state index contributed by atoms with van der Waals surface area (Å²) in [6.07, 6.45) is 3.46. The highest BCUT2D eigenvalue weighted by Crippen LogP contribution is 2.40. The van der Waals surface area contributed by atoms with E-state index >= 15 is 0 Å². The zero-order chi connectivity index (χ0) is 15.4. The Morgan fingerprint density at radius 1 is 1.19 bits per heavy atom. The van der Waals surface area contributed by atoms with Crippen LogP contribution >= 0.6 is 0 Å². The van der Waals surface area contributed by atoms with Crippen molar-refractivity contribution in [2.75, 3.05) is 13.1 Å². The lowest BCUT2D eigenvalue weighted by Crippen LogP contribution is -2.33. The molecule has 1 aromatic carbocycles. The third-order valence-corrected chi connectivity index (χ3v) is 4.59. The fourth-order valence-corrected chi connectivity index (χ4v) is 3.40. The van der Waals surface area contributed by atoms with Crippen LogP contribution in [0, 0.1) is 29.4 Å². The molecule has 118 valence electrons. The summed E-state index contributed by atoms with van der Waals surface area (Å²) >= 11 is 0.